The van der Waals surface area contributed by atoms with Crippen molar-refractivity contribution in [3.63, 3.8) is 0 Å². The van der Waals surface area contributed by atoms with Gasteiger partial charge in [-0.25, -0.2) is 0 Å². The third-order valence-electron chi connectivity index (χ3n) is 4.98. The number of nitrogens with one attached hydrogen (secondary N) is 2. The molecule has 3 aromatic rings. The summed E-state index contributed by atoms with van der Waals surface area (Å²) < 4.78 is 5.08. The third-order valence-corrected chi connectivity index (χ3v) is 4.98. The highest BCUT2D eigenvalue weighted by atomic mass is 16.3. The number of furan rings is 1. The van der Waals surface area contributed by atoms with Gasteiger partial charge in [-0.05, 0) is 43.5 Å². The number of hydrogen-bond donors (Lipinski definition) is 3. The van der Waals surface area contributed by atoms with E-state index in [1.54, 1.807) is 24.8 Å². The molecule has 1 aromatic carbocycles. The van der Waals surface area contributed by atoms with Gasteiger partial charge in [-0.1, -0.05) is 12.1 Å². The number of pyridine rings is 1. The summed E-state index contributed by atoms with van der Waals surface area (Å²) in [5.41, 5.74) is 3.56. The molecule has 27 heavy (non-hydrogen) atoms. The molecular formula is C21H23N3O3. The standard InChI is InChI=1S/C21H23N3O3/c25-20(15-4-6-18(7-5-15)24-9-2-1-3-10-24)23-19-12-17(13-22-21(19)26)16-8-11-27-14-16/h4-8,11-14,20,23,25H,1-3,9-10H2,(H,22,26). The molecule has 1 unspecified atom stereocenters. The molecule has 3 N–H and O–H groups in total. The highest BCUT2D eigenvalue weighted by Gasteiger charge is 2.14. The smallest absolute Gasteiger partial charge is 0.271 e. The number of aromatic nitrogens is 1. The van der Waals surface area contributed by atoms with E-state index in [2.05, 4.69) is 15.2 Å². The minimum absolute atomic E-state index is 0.286. The van der Waals surface area contributed by atoms with Crippen LogP contribution in [0, 0.1) is 0 Å². The number of nitrogens with zero attached hydrogens (tertiary/aromatic N) is 1. The first-order valence-corrected chi connectivity index (χ1v) is 9.25. The molecule has 1 aliphatic rings. The average Bonchev–Trinajstić information content (AvgIpc) is 3.25. The van der Waals surface area contributed by atoms with Crippen LogP contribution >= 0.6 is 0 Å². The van der Waals surface area contributed by atoms with Crippen LogP contribution in [0.15, 0.2) is 64.3 Å². The van der Waals surface area contributed by atoms with E-state index < -0.39 is 6.23 Å². The lowest BCUT2D eigenvalue weighted by Gasteiger charge is -2.29. The Morgan fingerprint density at radius 1 is 1.07 bits per heavy atom. The molecule has 0 radical (unpaired) electrons. The number of H-pyrrole nitrogens is 1. The third kappa shape index (κ3) is 3.90. The molecule has 140 valence electrons. The quantitative estimate of drug-likeness (QED) is 0.600. The predicted molar refractivity (Wildman–Crippen MR) is 106 cm³/mol. The Morgan fingerprint density at radius 2 is 1.85 bits per heavy atom. The molecule has 3 heterocycles. The Kier molecular flexibility index (Phi) is 4.98. The van der Waals surface area contributed by atoms with Gasteiger partial charge in [0.2, 0.25) is 0 Å². The summed E-state index contributed by atoms with van der Waals surface area (Å²) in [6.45, 7) is 2.16. The van der Waals surface area contributed by atoms with Crippen molar-refractivity contribution < 1.29 is 9.52 Å². The average molecular weight is 365 g/mol. The van der Waals surface area contributed by atoms with Gasteiger partial charge >= 0.3 is 0 Å². The molecule has 0 bridgehead atoms. The highest BCUT2D eigenvalue weighted by molar-refractivity contribution is 5.65. The van der Waals surface area contributed by atoms with Gasteiger partial charge in [0.25, 0.3) is 5.56 Å². The SMILES string of the molecule is O=c1[nH]cc(-c2ccoc2)cc1NC(O)c1ccc(N2CCCCC2)cc1. The number of aliphatic hydroxyl groups excluding tert-OH is 1. The maximum Gasteiger partial charge on any atom is 0.271 e. The van der Waals surface area contributed by atoms with Gasteiger partial charge in [0.1, 0.15) is 5.69 Å². The van der Waals surface area contributed by atoms with Crippen LogP contribution in [0.2, 0.25) is 0 Å². The Hall–Kier alpha value is -2.99. The number of benzene rings is 1. The largest absolute Gasteiger partial charge is 0.472 e. The fraction of sp³-hybridized carbons (Fsp3) is 0.286. The van der Waals surface area contributed by atoms with Gasteiger partial charge in [0.15, 0.2) is 6.23 Å². The number of piperidine rings is 1. The van der Waals surface area contributed by atoms with Crippen LogP contribution in [0.4, 0.5) is 11.4 Å². The van der Waals surface area contributed by atoms with Gasteiger partial charge in [0, 0.05) is 41.7 Å². The molecule has 1 atom stereocenters. The lowest BCUT2D eigenvalue weighted by Crippen LogP contribution is -2.29. The molecule has 0 spiro atoms. The number of aliphatic hydroxyl groups is 1. The first-order chi connectivity index (χ1) is 13.2. The van der Waals surface area contributed by atoms with Crippen molar-refractivity contribution in [2.45, 2.75) is 25.5 Å². The number of aromatic amines is 1. The van der Waals surface area contributed by atoms with Crippen LogP contribution in [0.3, 0.4) is 0 Å². The zero-order valence-electron chi connectivity index (χ0n) is 15.0. The fourth-order valence-corrected chi connectivity index (χ4v) is 3.44. The Balaban J connectivity index is 1.49. The predicted octanol–water partition coefficient (Wildman–Crippen LogP) is 3.73. The van der Waals surface area contributed by atoms with Gasteiger partial charge < -0.3 is 24.7 Å². The van der Waals surface area contributed by atoms with E-state index in [-0.39, 0.29) is 5.56 Å². The molecule has 0 amide bonds. The van der Waals surface area contributed by atoms with E-state index in [1.165, 1.54) is 24.9 Å². The maximum atomic E-state index is 12.1. The van der Waals surface area contributed by atoms with Crippen molar-refractivity contribution in [1.82, 2.24) is 4.98 Å². The zero-order chi connectivity index (χ0) is 18.6. The van der Waals surface area contributed by atoms with Crippen LogP contribution in [0.1, 0.15) is 31.1 Å². The van der Waals surface area contributed by atoms with E-state index in [0.717, 1.165) is 24.2 Å². The first-order valence-electron chi connectivity index (χ1n) is 9.25. The maximum absolute atomic E-state index is 12.1. The van der Waals surface area contributed by atoms with Crippen molar-refractivity contribution >= 4 is 11.4 Å². The van der Waals surface area contributed by atoms with E-state index in [9.17, 15) is 9.90 Å². The van der Waals surface area contributed by atoms with Gasteiger partial charge in [-0.15, -0.1) is 0 Å². The molecule has 6 nitrogen and oxygen atoms in total. The molecule has 1 fully saturated rings. The van der Waals surface area contributed by atoms with Crippen LogP contribution in [-0.2, 0) is 0 Å². The van der Waals surface area contributed by atoms with Crippen molar-refractivity contribution in [2.75, 3.05) is 23.3 Å². The van der Waals surface area contributed by atoms with Crippen molar-refractivity contribution in [3.8, 4) is 11.1 Å². The van der Waals surface area contributed by atoms with Gasteiger partial charge in [-0.2, -0.15) is 0 Å². The molecule has 0 saturated carbocycles. The summed E-state index contributed by atoms with van der Waals surface area (Å²) >= 11 is 0. The first kappa shape index (κ1) is 17.4. The van der Waals surface area contributed by atoms with Gasteiger partial charge in [-0.3, -0.25) is 4.79 Å². The summed E-state index contributed by atoms with van der Waals surface area (Å²) in [7, 11) is 0. The molecule has 1 aliphatic heterocycles. The summed E-state index contributed by atoms with van der Waals surface area (Å²) in [6, 6.07) is 11.4. The minimum atomic E-state index is -0.971. The topological polar surface area (TPSA) is 81.5 Å². The summed E-state index contributed by atoms with van der Waals surface area (Å²) in [4.78, 5) is 17.2. The highest BCUT2D eigenvalue weighted by Crippen LogP contribution is 2.24. The number of rotatable bonds is 5. The number of hydrogen-bond acceptors (Lipinski definition) is 5. The zero-order valence-corrected chi connectivity index (χ0v) is 15.0. The summed E-state index contributed by atoms with van der Waals surface area (Å²) in [5, 5.41) is 13.4. The Morgan fingerprint density at radius 3 is 2.56 bits per heavy atom. The van der Waals surface area contributed by atoms with Crippen LogP contribution in [-0.4, -0.2) is 23.2 Å². The van der Waals surface area contributed by atoms with Gasteiger partial charge in [0.05, 0.1) is 12.5 Å². The second-order valence-electron chi connectivity index (χ2n) is 6.83. The van der Waals surface area contributed by atoms with E-state index in [1.807, 2.05) is 30.3 Å². The molecular weight excluding hydrogens is 342 g/mol. The van der Waals surface area contributed by atoms with E-state index >= 15 is 0 Å². The number of anilines is 2. The molecule has 1 saturated heterocycles. The fourth-order valence-electron chi connectivity index (χ4n) is 3.44. The van der Waals surface area contributed by atoms with E-state index in [0.29, 0.717) is 11.3 Å². The molecule has 6 heteroatoms. The summed E-state index contributed by atoms with van der Waals surface area (Å²) in [5.74, 6) is 0. The molecule has 4 rings (SSSR count). The second-order valence-corrected chi connectivity index (χ2v) is 6.83. The second kappa shape index (κ2) is 7.72. The molecule has 0 aliphatic carbocycles. The monoisotopic (exact) mass is 365 g/mol. The lowest BCUT2D eigenvalue weighted by molar-refractivity contribution is 0.208. The van der Waals surface area contributed by atoms with Crippen LogP contribution < -0.4 is 15.8 Å². The summed E-state index contributed by atoms with van der Waals surface area (Å²) in [6.07, 6.45) is 7.58. The Labute approximate surface area is 157 Å². The normalized spacial score (nSPS) is 15.5. The van der Waals surface area contributed by atoms with Crippen LogP contribution in [0.5, 0.6) is 0 Å². The molecule has 2 aromatic heterocycles. The lowest BCUT2D eigenvalue weighted by atomic mass is 10.1. The van der Waals surface area contributed by atoms with Crippen molar-refractivity contribution in [3.05, 3.63) is 71.0 Å². The minimum Gasteiger partial charge on any atom is -0.472 e. The van der Waals surface area contributed by atoms with Crippen molar-refractivity contribution in [2.24, 2.45) is 0 Å². The Bertz CT molecular complexity index is 926. The van der Waals surface area contributed by atoms with Crippen molar-refractivity contribution in [1.29, 1.82) is 0 Å². The van der Waals surface area contributed by atoms with E-state index in [4.69, 9.17) is 4.42 Å². The van der Waals surface area contributed by atoms with Crippen LogP contribution in [0.25, 0.3) is 11.1 Å².